The van der Waals surface area contributed by atoms with Gasteiger partial charge in [-0.25, -0.2) is 0 Å². The Labute approximate surface area is 168 Å². The molecule has 3 heteroatoms. The molecule has 0 atom stereocenters. The monoisotopic (exact) mass is 383 g/mol. The second kappa shape index (κ2) is 13.4. The normalized spacial score (nSPS) is 11.0. The van der Waals surface area contributed by atoms with E-state index in [-0.39, 0.29) is 5.91 Å². The van der Waals surface area contributed by atoms with Gasteiger partial charge in [-0.05, 0) is 29.7 Å². The lowest BCUT2D eigenvalue weighted by atomic mass is 10.0. The van der Waals surface area contributed by atoms with E-state index in [0.717, 1.165) is 12.8 Å². The van der Waals surface area contributed by atoms with Crippen LogP contribution in [0.4, 0.5) is 0 Å². The number of primary amides is 1. The molecule has 1 amide bonds. The van der Waals surface area contributed by atoms with Crippen LogP contribution in [0.1, 0.15) is 74.2 Å². The zero-order valence-electron chi connectivity index (χ0n) is 16.3. The fourth-order valence-electron chi connectivity index (χ4n) is 3.30. The molecule has 0 unspecified atom stereocenters. The summed E-state index contributed by atoms with van der Waals surface area (Å²) in [5.74, 6) is 1.03. The van der Waals surface area contributed by atoms with Crippen LogP contribution in [-0.2, 0) is 4.79 Å². The van der Waals surface area contributed by atoms with Crippen molar-refractivity contribution in [1.82, 2.24) is 0 Å². The van der Waals surface area contributed by atoms with Gasteiger partial charge in [-0.2, -0.15) is 0 Å². The fourth-order valence-corrected chi connectivity index (χ4v) is 4.61. The average Bonchev–Trinajstić information content (AvgIpc) is 2.70. The van der Waals surface area contributed by atoms with Gasteiger partial charge < -0.3 is 5.73 Å². The summed E-state index contributed by atoms with van der Waals surface area (Å²) in [7, 11) is 0. The van der Waals surface area contributed by atoms with Gasteiger partial charge in [0, 0.05) is 6.42 Å². The molecule has 0 fully saturated rings. The molecule has 0 saturated carbocycles. The first-order valence-electron chi connectivity index (χ1n) is 10.3. The van der Waals surface area contributed by atoms with Gasteiger partial charge in [0.2, 0.25) is 5.91 Å². The standard InChI is InChI=1S/C24H33NOS/c25-23(26)19-13-5-3-1-2-4-6-14-20-27-24(21-15-9-7-10-16-21)22-17-11-8-12-18-22/h7-12,15-18,24H,1-6,13-14,19-20H2,(H2,25,26). The van der Waals surface area contributed by atoms with Crippen molar-refractivity contribution in [3.05, 3.63) is 71.8 Å². The van der Waals surface area contributed by atoms with E-state index in [4.69, 9.17) is 5.73 Å². The number of benzene rings is 2. The molecule has 0 saturated heterocycles. The molecule has 0 bridgehead atoms. The SMILES string of the molecule is NC(=O)CCCCCCCCCCSC(c1ccccc1)c1ccccc1. The van der Waals surface area contributed by atoms with Crippen LogP contribution >= 0.6 is 11.8 Å². The Bertz CT molecular complexity index is 590. The fraction of sp³-hybridized carbons (Fsp3) is 0.458. The highest BCUT2D eigenvalue weighted by atomic mass is 32.2. The first-order chi connectivity index (χ1) is 13.3. The molecule has 2 aromatic carbocycles. The average molecular weight is 384 g/mol. The van der Waals surface area contributed by atoms with E-state index in [1.165, 1.54) is 55.4 Å². The summed E-state index contributed by atoms with van der Waals surface area (Å²) in [6, 6.07) is 21.7. The van der Waals surface area contributed by atoms with E-state index in [9.17, 15) is 4.79 Å². The van der Waals surface area contributed by atoms with E-state index in [0.29, 0.717) is 11.7 Å². The van der Waals surface area contributed by atoms with Gasteiger partial charge in [0.25, 0.3) is 0 Å². The number of amides is 1. The molecule has 146 valence electrons. The van der Waals surface area contributed by atoms with E-state index in [1.807, 2.05) is 0 Å². The Balaban J connectivity index is 1.62. The highest BCUT2D eigenvalue weighted by Crippen LogP contribution is 2.36. The van der Waals surface area contributed by atoms with Crippen molar-refractivity contribution < 1.29 is 4.79 Å². The summed E-state index contributed by atoms with van der Waals surface area (Å²) >= 11 is 2.06. The molecular formula is C24H33NOS. The lowest BCUT2D eigenvalue weighted by Gasteiger charge is -2.17. The molecule has 2 N–H and O–H groups in total. The van der Waals surface area contributed by atoms with E-state index in [1.54, 1.807) is 0 Å². The van der Waals surface area contributed by atoms with Crippen molar-refractivity contribution in [2.24, 2.45) is 5.73 Å². The van der Waals surface area contributed by atoms with Crippen molar-refractivity contribution in [2.75, 3.05) is 5.75 Å². The smallest absolute Gasteiger partial charge is 0.217 e. The van der Waals surface area contributed by atoms with Crippen LogP contribution in [0.3, 0.4) is 0 Å². The van der Waals surface area contributed by atoms with Gasteiger partial charge in [0.05, 0.1) is 5.25 Å². The molecule has 0 aliphatic heterocycles. The number of unbranched alkanes of at least 4 members (excludes halogenated alkanes) is 7. The van der Waals surface area contributed by atoms with Crippen LogP contribution in [0.5, 0.6) is 0 Å². The first kappa shape index (κ1) is 21.6. The largest absolute Gasteiger partial charge is 0.370 e. The molecule has 0 aromatic heterocycles. The molecule has 0 heterocycles. The van der Waals surface area contributed by atoms with Gasteiger partial charge in [0.1, 0.15) is 0 Å². The summed E-state index contributed by atoms with van der Waals surface area (Å²) < 4.78 is 0. The van der Waals surface area contributed by atoms with Crippen molar-refractivity contribution >= 4 is 17.7 Å². The maximum Gasteiger partial charge on any atom is 0.217 e. The Morgan fingerprint density at radius 3 is 1.63 bits per heavy atom. The number of carbonyl (C=O) groups is 1. The van der Waals surface area contributed by atoms with Crippen LogP contribution in [0.2, 0.25) is 0 Å². The van der Waals surface area contributed by atoms with Gasteiger partial charge in [-0.3, -0.25) is 4.79 Å². The highest BCUT2D eigenvalue weighted by molar-refractivity contribution is 7.99. The minimum atomic E-state index is -0.170. The summed E-state index contributed by atoms with van der Waals surface area (Å²) in [6.07, 6.45) is 10.4. The van der Waals surface area contributed by atoms with E-state index >= 15 is 0 Å². The number of nitrogens with two attached hydrogens (primary N) is 1. The molecular weight excluding hydrogens is 350 g/mol. The lowest BCUT2D eigenvalue weighted by Crippen LogP contribution is -2.09. The second-order valence-electron chi connectivity index (χ2n) is 7.12. The maximum atomic E-state index is 10.7. The third-order valence-corrected chi connectivity index (χ3v) is 6.21. The third-order valence-electron chi connectivity index (χ3n) is 4.81. The number of rotatable bonds is 14. The van der Waals surface area contributed by atoms with Crippen molar-refractivity contribution in [1.29, 1.82) is 0 Å². The van der Waals surface area contributed by atoms with Gasteiger partial charge in [-0.1, -0.05) is 99.2 Å². The predicted molar refractivity (Wildman–Crippen MR) is 118 cm³/mol. The van der Waals surface area contributed by atoms with Crippen molar-refractivity contribution in [3.8, 4) is 0 Å². The van der Waals surface area contributed by atoms with E-state index in [2.05, 4.69) is 72.4 Å². The Hall–Kier alpha value is -1.74. The van der Waals surface area contributed by atoms with Crippen LogP contribution in [0.15, 0.2) is 60.7 Å². The molecule has 0 spiro atoms. The van der Waals surface area contributed by atoms with Crippen LogP contribution in [-0.4, -0.2) is 11.7 Å². The molecule has 0 aliphatic rings. The topological polar surface area (TPSA) is 43.1 Å². The lowest BCUT2D eigenvalue weighted by molar-refractivity contribution is -0.118. The summed E-state index contributed by atoms with van der Waals surface area (Å²) in [5.41, 5.74) is 7.94. The molecule has 2 aromatic rings. The number of hydrogen-bond acceptors (Lipinski definition) is 2. The predicted octanol–water partition coefficient (Wildman–Crippen LogP) is 6.51. The number of hydrogen-bond donors (Lipinski definition) is 1. The molecule has 2 rings (SSSR count). The van der Waals surface area contributed by atoms with Crippen LogP contribution in [0.25, 0.3) is 0 Å². The molecule has 2 nitrogen and oxygen atoms in total. The summed E-state index contributed by atoms with van der Waals surface area (Å²) in [5, 5.41) is 0.428. The highest BCUT2D eigenvalue weighted by Gasteiger charge is 2.13. The molecule has 0 aliphatic carbocycles. The minimum absolute atomic E-state index is 0.170. The Morgan fingerprint density at radius 1 is 0.704 bits per heavy atom. The Kier molecular flexibility index (Phi) is 10.7. The summed E-state index contributed by atoms with van der Waals surface area (Å²) in [4.78, 5) is 10.7. The number of carbonyl (C=O) groups excluding carboxylic acids is 1. The van der Waals surface area contributed by atoms with Gasteiger partial charge in [0.15, 0.2) is 0 Å². The van der Waals surface area contributed by atoms with Crippen LogP contribution < -0.4 is 5.73 Å². The summed E-state index contributed by atoms with van der Waals surface area (Å²) in [6.45, 7) is 0. The second-order valence-corrected chi connectivity index (χ2v) is 8.33. The first-order valence-corrected chi connectivity index (χ1v) is 11.3. The van der Waals surface area contributed by atoms with Crippen molar-refractivity contribution in [3.63, 3.8) is 0 Å². The quantitative estimate of drug-likeness (QED) is 0.378. The van der Waals surface area contributed by atoms with Gasteiger partial charge in [-0.15, -0.1) is 11.8 Å². The molecule has 0 radical (unpaired) electrons. The minimum Gasteiger partial charge on any atom is -0.370 e. The third kappa shape index (κ3) is 9.14. The van der Waals surface area contributed by atoms with Crippen LogP contribution in [0, 0.1) is 0 Å². The maximum absolute atomic E-state index is 10.7. The molecule has 27 heavy (non-hydrogen) atoms. The zero-order valence-corrected chi connectivity index (χ0v) is 17.1. The number of thioether (sulfide) groups is 1. The van der Waals surface area contributed by atoms with Crippen molar-refractivity contribution in [2.45, 2.75) is 63.0 Å². The van der Waals surface area contributed by atoms with E-state index < -0.39 is 0 Å². The Morgan fingerprint density at radius 2 is 1.15 bits per heavy atom. The van der Waals surface area contributed by atoms with Gasteiger partial charge >= 0.3 is 0 Å². The zero-order chi connectivity index (χ0) is 19.2.